The van der Waals surface area contributed by atoms with Crippen molar-refractivity contribution in [1.82, 2.24) is 4.57 Å². The van der Waals surface area contributed by atoms with E-state index in [2.05, 4.69) is 0 Å². The molecule has 0 aliphatic heterocycles. The zero-order valence-electron chi connectivity index (χ0n) is 7.99. The predicted octanol–water partition coefficient (Wildman–Crippen LogP) is 1.43. The van der Waals surface area contributed by atoms with Crippen LogP contribution in [0.2, 0.25) is 0 Å². The van der Waals surface area contributed by atoms with Gasteiger partial charge in [0.15, 0.2) is 0 Å². The Morgan fingerprint density at radius 1 is 1.62 bits per heavy atom. The van der Waals surface area contributed by atoms with Gasteiger partial charge in [-0.05, 0) is 31.0 Å². The zero-order chi connectivity index (χ0) is 9.68. The molecule has 0 unspecified atom stereocenters. The highest BCUT2D eigenvalue weighted by atomic mass is 16.1. The van der Waals surface area contributed by atoms with Gasteiger partial charge in [-0.2, -0.15) is 0 Å². The SMILES string of the molecule is CCCC(=O)n1ccc(CCN)c1. The van der Waals surface area contributed by atoms with E-state index in [1.807, 2.05) is 25.4 Å². The van der Waals surface area contributed by atoms with E-state index in [4.69, 9.17) is 5.73 Å². The maximum Gasteiger partial charge on any atom is 0.230 e. The fourth-order valence-electron chi connectivity index (χ4n) is 1.25. The highest BCUT2D eigenvalue weighted by Crippen LogP contribution is 2.03. The van der Waals surface area contributed by atoms with E-state index in [9.17, 15) is 4.79 Å². The zero-order valence-corrected chi connectivity index (χ0v) is 7.99. The third kappa shape index (κ3) is 2.70. The third-order valence-electron chi connectivity index (χ3n) is 1.94. The van der Waals surface area contributed by atoms with Crippen molar-refractivity contribution in [2.45, 2.75) is 26.2 Å². The first-order valence-corrected chi connectivity index (χ1v) is 4.68. The van der Waals surface area contributed by atoms with Gasteiger partial charge in [0, 0.05) is 18.8 Å². The minimum absolute atomic E-state index is 0.158. The number of carbonyl (C=O) groups excluding carboxylic acids is 1. The van der Waals surface area contributed by atoms with E-state index in [-0.39, 0.29) is 5.91 Å². The molecule has 0 spiro atoms. The third-order valence-corrected chi connectivity index (χ3v) is 1.94. The first kappa shape index (κ1) is 9.99. The van der Waals surface area contributed by atoms with Crippen LogP contribution in [0.25, 0.3) is 0 Å². The van der Waals surface area contributed by atoms with Crippen LogP contribution in [-0.2, 0) is 6.42 Å². The van der Waals surface area contributed by atoms with Crippen LogP contribution in [0.4, 0.5) is 0 Å². The number of hydrogen-bond donors (Lipinski definition) is 1. The van der Waals surface area contributed by atoms with Gasteiger partial charge in [-0.15, -0.1) is 0 Å². The highest BCUT2D eigenvalue weighted by Gasteiger charge is 2.03. The van der Waals surface area contributed by atoms with E-state index in [0.29, 0.717) is 13.0 Å². The van der Waals surface area contributed by atoms with Gasteiger partial charge < -0.3 is 5.73 Å². The highest BCUT2D eigenvalue weighted by molar-refractivity contribution is 5.78. The summed E-state index contributed by atoms with van der Waals surface area (Å²) in [5.74, 6) is 0.158. The van der Waals surface area contributed by atoms with Crippen LogP contribution in [0, 0.1) is 0 Å². The number of aromatic nitrogens is 1. The number of rotatable bonds is 4. The molecule has 72 valence electrons. The summed E-state index contributed by atoms with van der Waals surface area (Å²) < 4.78 is 1.65. The van der Waals surface area contributed by atoms with Crippen LogP contribution in [0.1, 0.15) is 30.1 Å². The first-order valence-electron chi connectivity index (χ1n) is 4.68. The summed E-state index contributed by atoms with van der Waals surface area (Å²) in [6.45, 7) is 2.63. The fourth-order valence-corrected chi connectivity index (χ4v) is 1.25. The Balaban J connectivity index is 2.62. The van der Waals surface area contributed by atoms with Crippen LogP contribution in [0.5, 0.6) is 0 Å². The van der Waals surface area contributed by atoms with Gasteiger partial charge in [-0.3, -0.25) is 9.36 Å². The molecule has 0 aromatic carbocycles. The van der Waals surface area contributed by atoms with E-state index in [0.717, 1.165) is 18.4 Å². The molecule has 13 heavy (non-hydrogen) atoms. The van der Waals surface area contributed by atoms with Crippen LogP contribution >= 0.6 is 0 Å². The van der Waals surface area contributed by atoms with Gasteiger partial charge in [0.25, 0.3) is 0 Å². The monoisotopic (exact) mass is 180 g/mol. The second kappa shape index (κ2) is 4.82. The molecule has 0 atom stereocenters. The first-order chi connectivity index (χ1) is 6.27. The number of nitrogens with two attached hydrogens (primary N) is 1. The molecule has 0 bridgehead atoms. The van der Waals surface area contributed by atoms with Crippen molar-refractivity contribution < 1.29 is 4.79 Å². The summed E-state index contributed by atoms with van der Waals surface area (Å²) in [6, 6.07) is 1.94. The number of hydrogen-bond acceptors (Lipinski definition) is 2. The molecular weight excluding hydrogens is 164 g/mol. The normalized spacial score (nSPS) is 10.3. The molecule has 1 aromatic rings. The average Bonchev–Trinajstić information content (AvgIpc) is 2.54. The summed E-state index contributed by atoms with van der Waals surface area (Å²) in [5.41, 5.74) is 6.54. The van der Waals surface area contributed by atoms with Crippen LogP contribution < -0.4 is 5.73 Å². The largest absolute Gasteiger partial charge is 0.330 e. The Morgan fingerprint density at radius 3 is 3.00 bits per heavy atom. The maximum atomic E-state index is 11.4. The summed E-state index contributed by atoms with van der Waals surface area (Å²) in [6.07, 6.45) is 6.01. The molecule has 0 saturated heterocycles. The Hall–Kier alpha value is -1.09. The van der Waals surface area contributed by atoms with Crippen molar-refractivity contribution in [3.8, 4) is 0 Å². The van der Waals surface area contributed by atoms with Crippen molar-refractivity contribution in [3.05, 3.63) is 24.0 Å². The van der Waals surface area contributed by atoms with Gasteiger partial charge >= 0.3 is 0 Å². The van der Waals surface area contributed by atoms with Gasteiger partial charge in [0.2, 0.25) is 5.91 Å². The van der Waals surface area contributed by atoms with Crippen molar-refractivity contribution in [2.75, 3.05) is 6.54 Å². The fraction of sp³-hybridized carbons (Fsp3) is 0.500. The molecule has 1 aromatic heterocycles. The lowest BCUT2D eigenvalue weighted by molar-refractivity contribution is 0.0902. The molecule has 1 rings (SSSR count). The molecule has 0 saturated carbocycles. The minimum atomic E-state index is 0.158. The minimum Gasteiger partial charge on any atom is -0.330 e. The maximum absolute atomic E-state index is 11.4. The van der Waals surface area contributed by atoms with E-state index in [1.54, 1.807) is 4.57 Å². The Labute approximate surface area is 78.5 Å². The molecule has 3 heteroatoms. The van der Waals surface area contributed by atoms with Crippen molar-refractivity contribution in [1.29, 1.82) is 0 Å². The Kier molecular flexibility index (Phi) is 3.71. The molecule has 0 radical (unpaired) electrons. The molecule has 0 amide bonds. The lowest BCUT2D eigenvalue weighted by atomic mass is 10.2. The molecule has 2 N–H and O–H groups in total. The predicted molar refractivity (Wildman–Crippen MR) is 52.7 cm³/mol. The van der Waals surface area contributed by atoms with Gasteiger partial charge in [0.05, 0.1) is 0 Å². The number of nitrogens with zero attached hydrogens (tertiary/aromatic N) is 1. The topological polar surface area (TPSA) is 48.0 Å². The average molecular weight is 180 g/mol. The van der Waals surface area contributed by atoms with Crippen LogP contribution in [0.3, 0.4) is 0 Å². The lowest BCUT2D eigenvalue weighted by Gasteiger charge is -1.98. The second-order valence-electron chi connectivity index (χ2n) is 3.11. The van der Waals surface area contributed by atoms with E-state index < -0.39 is 0 Å². The van der Waals surface area contributed by atoms with Gasteiger partial charge in [-0.25, -0.2) is 0 Å². The van der Waals surface area contributed by atoms with E-state index >= 15 is 0 Å². The standard InChI is InChI=1S/C10H16N2O/c1-2-3-10(13)12-7-5-9(8-12)4-6-11/h5,7-8H,2-4,6,11H2,1H3. The summed E-state index contributed by atoms with van der Waals surface area (Å²) >= 11 is 0. The summed E-state index contributed by atoms with van der Waals surface area (Å²) in [5, 5.41) is 0. The van der Waals surface area contributed by atoms with Crippen LogP contribution in [-0.4, -0.2) is 17.0 Å². The quantitative estimate of drug-likeness (QED) is 0.762. The number of carbonyl (C=O) groups is 1. The van der Waals surface area contributed by atoms with E-state index in [1.165, 1.54) is 0 Å². The van der Waals surface area contributed by atoms with Crippen LogP contribution in [0.15, 0.2) is 18.5 Å². The summed E-state index contributed by atoms with van der Waals surface area (Å²) in [4.78, 5) is 11.4. The van der Waals surface area contributed by atoms with Crippen molar-refractivity contribution >= 4 is 5.91 Å². The lowest BCUT2D eigenvalue weighted by Crippen LogP contribution is -2.07. The molecule has 0 aliphatic rings. The Morgan fingerprint density at radius 2 is 2.38 bits per heavy atom. The summed E-state index contributed by atoms with van der Waals surface area (Å²) in [7, 11) is 0. The molecular formula is C10H16N2O. The molecule has 3 nitrogen and oxygen atoms in total. The molecule has 0 aliphatic carbocycles. The van der Waals surface area contributed by atoms with Crippen molar-refractivity contribution in [3.63, 3.8) is 0 Å². The van der Waals surface area contributed by atoms with Gasteiger partial charge in [-0.1, -0.05) is 6.92 Å². The Bertz CT molecular complexity index is 278. The second-order valence-corrected chi connectivity index (χ2v) is 3.11. The molecule has 1 heterocycles. The van der Waals surface area contributed by atoms with Gasteiger partial charge in [0.1, 0.15) is 0 Å². The molecule has 0 fully saturated rings. The van der Waals surface area contributed by atoms with Crippen molar-refractivity contribution in [2.24, 2.45) is 5.73 Å². The smallest absolute Gasteiger partial charge is 0.230 e.